The van der Waals surface area contributed by atoms with Crippen LogP contribution in [0.5, 0.6) is 0 Å². The van der Waals surface area contributed by atoms with Gasteiger partial charge in [0, 0.05) is 33.6 Å². The van der Waals surface area contributed by atoms with Crippen LogP contribution < -0.4 is 10.5 Å². The lowest BCUT2D eigenvalue weighted by Crippen LogP contribution is -2.54. The maximum Gasteiger partial charge on any atom is 0.260 e. The summed E-state index contributed by atoms with van der Waals surface area (Å²) < 4.78 is 0. The van der Waals surface area contributed by atoms with Gasteiger partial charge in [0.05, 0.1) is 10.9 Å². The largest absolute Gasteiger partial charge is 0.340 e. The van der Waals surface area contributed by atoms with Crippen molar-refractivity contribution in [1.82, 2.24) is 19.8 Å². The van der Waals surface area contributed by atoms with Gasteiger partial charge < -0.3 is 14.7 Å². The summed E-state index contributed by atoms with van der Waals surface area (Å²) in [5.74, 6) is 0.0850. The van der Waals surface area contributed by atoms with Gasteiger partial charge in [-0.25, -0.2) is 4.98 Å². The maximum atomic E-state index is 14.2. The first-order valence-electron chi connectivity index (χ1n) is 14.7. The monoisotopic (exact) mass is 573 g/mol. The molecule has 2 atom stereocenters. The summed E-state index contributed by atoms with van der Waals surface area (Å²) in [4.78, 5) is 53.8. The lowest BCUT2D eigenvalue weighted by Gasteiger charge is -2.34. The number of para-hydroxylation sites is 1. The average molecular weight is 574 g/mol. The number of carbonyl (C=O) groups excluding carboxylic acids is 2. The third kappa shape index (κ3) is 5.86. The van der Waals surface area contributed by atoms with E-state index in [0.717, 1.165) is 28.3 Å². The molecule has 1 saturated heterocycles. The Bertz CT molecular complexity index is 1840. The molecule has 0 spiro atoms. The van der Waals surface area contributed by atoms with Gasteiger partial charge in [-0.15, -0.1) is 0 Å². The quantitative estimate of drug-likeness (QED) is 0.289. The lowest BCUT2D eigenvalue weighted by atomic mass is 9.99. The molecule has 5 aromatic rings. The highest BCUT2D eigenvalue weighted by Gasteiger charge is 2.38. The standard InChI is InChI=1S/C35H35N5O3/c1-38(23-24-11-4-3-5-12-24)33(42)31(22-25-18-19-26-13-6-7-14-27(26)21-25)39(2)34(43)30-17-10-20-40(30)35-36-29-16-9-8-15-28(29)32(41)37-35/h3-9,11-16,18-19,21,30-31H,10,17,20,22-23H2,1-2H3,(H,36,37,41)/t30?,31-/m0/s1. The predicted molar refractivity (Wildman–Crippen MR) is 170 cm³/mol. The maximum absolute atomic E-state index is 14.2. The molecule has 8 nitrogen and oxygen atoms in total. The zero-order valence-corrected chi connectivity index (χ0v) is 24.4. The van der Waals surface area contributed by atoms with Crippen LogP contribution in [0.1, 0.15) is 24.0 Å². The highest BCUT2D eigenvalue weighted by molar-refractivity contribution is 5.92. The van der Waals surface area contributed by atoms with E-state index in [1.54, 1.807) is 42.1 Å². The summed E-state index contributed by atoms with van der Waals surface area (Å²) in [5.41, 5.74) is 2.34. The van der Waals surface area contributed by atoms with E-state index in [1.807, 2.05) is 59.5 Å². The first-order valence-corrected chi connectivity index (χ1v) is 14.7. The van der Waals surface area contributed by atoms with E-state index < -0.39 is 12.1 Å². The van der Waals surface area contributed by atoms with Crippen LogP contribution in [0.4, 0.5) is 5.95 Å². The summed E-state index contributed by atoms with van der Waals surface area (Å²) in [5, 5.41) is 2.72. The smallest absolute Gasteiger partial charge is 0.260 e. The fraction of sp³-hybridized carbons (Fsp3) is 0.257. The van der Waals surface area contributed by atoms with Gasteiger partial charge in [-0.2, -0.15) is 0 Å². The second-order valence-corrected chi connectivity index (χ2v) is 11.3. The topological polar surface area (TPSA) is 89.6 Å². The fourth-order valence-corrected chi connectivity index (χ4v) is 6.04. The van der Waals surface area contributed by atoms with Gasteiger partial charge >= 0.3 is 0 Å². The van der Waals surface area contributed by atoms with Crippen LogP contribution in [0.2, 0.25) is 0 Å². The summed E-state index contributed by atoms with van der Waals surface area (Å²) >= 11 is 0. The van der Waals surface area contributed by atoms with E-state index >= 15 is 0 Å². The number of carbonyl (C=O) groups is 2. The zero-order chi connectivity index (χ0) is 29.9. The number of aromatic amines is 1. The summed E-state index contributed by atoms with van der Waals surface area (Å²) in [7, 11) is 3.50. The molecule has 1 N–H and O–H groups in total. The third-order valence-electron chi connectivity index (χ3n) is 8.39. The normalized spacial score (nSPS) is 15.5. The Balaban J connectivity index is 1.30. The Hall–Kier alpha value is -4.98. The highest BCUT2D eigenvalue weighted by atomic mass is 16.2. The molecule has 1 aliphatic rings. The molecule has 0 aliphatic carbocycles. The molecule has 2 amide bonds. The van der Waals surface area contributed by atoms with Gasteiger partial charge in [0.25, 0.3) is 5.56 Å². The van der Waals surface area contributed by atoms with Crippen LogP contribution in [0.3, 0.4) is 0 Å². The Labute approximate surface area is 250 Å². The number of aromatic nitrogens is 2. The SMILES string of the molecule is CN(Cc1ccccc1)C(=O)[C@H](Cc1ccc2ccccc2c1)N(C)C(=O)C1CCCN1c1nc2ccccc2c(=O)[nH]1. The van der Waals surface area contributed by atoms with Gasteiger partial charge in [-0.05, 0) is 46.9 Å². The van der Waals surface area contributed by atoms with Crippen LogP contribution in [-0.4, -0.2) is 64.3 Å². The number of nitrogens with one attached hydrogen (secondary N) is 1. The number of anilines is 1. The van der Waals surface area contributed by atoms with Crippen molar-refractivity contribution < 1.29 is 9.59 Å². The molecule has 0 saturated carbocycles. The van der Waals surface area contributed by atoms with Gasteiger partial charge in [-0.3, -0.25) is 19.4 Å². The minimum absolute atomic E-state index is 0.130. The zero-order valence-electron chi connectivity index (χ0n) is 24.4. The van der Waals surface area contributed by atoms with Gasteiger partial charge in [0.1, 0.15) is 12.1 Å². The molecule has 0 bridgehead atoms. The Morgan fingerprint density at radius 1 is 0.907 bits per heavy atom. The van der Waals surface area contributed by atoms with Gasteiger partial charge in [0.2, 0.25) is 17.8 Å². The van der Waals surface area contributed by atoms with Crippen LogP contribution in [0.15, 0.2) is 102 Å². The first-order chi connectivity index (χ1) is 20.9. The Morgan fingerprint density at radius 2 is 1.63 bits per heavy atom. The average Bonchev–Trinajstić information content (AvgIpc) is 3.53. The molecule has 218 valence electrons. The number of benzene rings is 4. The van der Waals surface area contributed by atoms with E-state index in [-0.39, 0.29) is 17.4 Å². The third-order valence-corrected chi connectivity index (χ3v) is 8.39. The number of rotatable bonds is 8. The van der Waals surface area contributed by atoms with Crippen molar-refractivity contribution in [3.8, 4) is 0 Å². The van der Waals surface area contributed by atoms with Crippen molar-refractivity contribution in [1.29, 1.82) is 0 Å². The number of likely N-dealkylation sites (N-methyl/N-ethyl adjacent to an activating group) is 2. The predicted octanol–water partition coefficient (Wildman–Crippen LogP) is 4.77. The number of hydrogen-bond donors (Lipinski definition) is 1. The Morgan fingerprint density at radius 3 is 2.44 bits per heavy atom. The van der Waals surface area contributed by atoms with E-state index in [4.69, 9.17) is 0 Å². The lowest BCUT2D eigenvalue weighted by molar-refractivity contribution is -0.144. The summed E-state index contributed by atoms with van der Waals surface area (Å²) in [6.07, 6.45) is 1.76. The first kappa shape index (κ1) is 28.2. The molecule has 1 aliphatic heterocycles. The molecule has 6 rings (SSSR count). The molecule has 1 unspecified atom stereocenters. The fourth-order valence-electron chi connectivity index (χ4n) is 6.04. The van der Waals surface area contributed by atoms with Crippen LogP contribution in [0, 0.1) is 0 Å². The van der Waals surface area contributed by atoms with E-state index in [2.05, 4.69) is 34.2 Å². The molecule has 43 heavy (non-hydrogen) atoms. The number of fused-ring (bicyclic) bond motifs is 2. The molecule has 1 fully saturated rings. The Kier molecular flexibility index (Phi) is 7.92. The van der Waals surface area contributed by atoms with Crippen molar-refractivity contribution in [2.24, 2.45) is 0 Å². The summed E-state index contributed by atoms with van der Waals surface area (Å²) in [6, 6.07) is 30.1. The van der Waals surface area contributed by atoms with E-state index in [0.29, 0.717) is 42.8 Å². The van der Waals surface area contributed by atoms with Crippen LogP contribution >= 0.6 is 0 Å². The number of nitrogens with zero attached hydrogens (tertiary/aromatic N) is 4. The second-order valence-electron chi connectivity index (χ2n) is 11.3. The molecular formula is C35H35N5O3. The van der Waals surface area contributed by atoms with Gasteiger partial charge in [0.15, 0.2) is 0 Å². The van der Waals surface area contributed by atoms with Crippen molar-refractivity contribution in [3.05, 3.63) is 119 Å². The molecule has 2 heterocycles. The van der Waals surface area contributed by atoms with E-state index in [9.17, 15) is 14.4 Å². The molecule has 1 aromatic heterocycles. The molecule has 4 aromatic carbocycles. The summed E-state index contributed by atoms with van der Waals surface area (Å²) in [6.45, 7) is 1.02. The molecule has 0 radical (unpaired) electrons. The molecular weight excluding hydrogens is 538 g/mol. The minimum atomic E-state index is -0.714. The molecule has 8 heteroatoms. The van der Waals surface area contributed by atoms with Crippen molar-refractivity contribution in [2.75, 3.05) is 25.5 Å². The number of amides is 2. The van der Waals surface area contributed by atoms with Gasteiger partial charge in [-0.1, -0.05) is 84.9 Å². The number of H-pyrrole nitrogens is 1. The van der Waals surface area contributed by atoms with Crippen LogP contribution in [0.25, 0.3) is 21.7 Å². The van der Waals surface area contributed by atoms with Crippen molar-refractivity contribution in [3.63, 3.8) is 0 Å². The van der Waals surface area contributed by atoms with E-state index in [1.165, 1.54) is 0 Å². The minimum Gasteiger partial charge on any atom is -0.340 e. The number of hydrogen-bond acceptors (Lipinski definition) is 5. The van der Waals surface area contributed by atoms with Crippen molar-refractivity contribution in [2.45, 2.75) is 37.9 Å². The van der Waals surface area contributed by atoms with Crippen molar-refractivity contribution >= 4 is 39.4 Å². The second kappa shape index (κ2) is 12.1. The highest BCUT2D eigenvalue weighted by Crippen LogP contribution is 2.26. The van der Waals surface area contributed by atoms with Crippen LogP contribution in [-0.2, 0) is 22.6 Å².